The van der Waals surface area contributed by atoms with E-state index in [0.29, 0.717) is 42.2 Å². The number of carbonyl (C=O) groups is 2. The largest absolute Gasteiger partial charge is 0.364 e. The van der Waals surface area contributed by atoms with Crippen LogP contribution >= 0.6 is 19.5 Å². The molecule has 1 saturated heterocycles. The zero-order valence-corrected chi connectivity index (χ0v) is 31.9. The Morgan fingerprint density at radius 3 is 1.94 bits per heavy atom. The minimum atomic E-state index is -3.79. The molecule has 5 aromatic rings. The van der Waals surface area contributed by atoms with E-state index in [1.807, 2.05) is 41.3 Å². The van der Waals surface area contributed by atoms with Crippen LogP contribution in [0.2, 0.25) is 0 Å². The monoisotopic (exact) mass is 739 g/mol. The predicted molar refractivity (Wildman–Crippen MR) is 207 cm³/mol. The topological polar surface area (TPSA) is 106 Å². The molecule has 1 aliphatic heterocycles. The maximum atomic E-state index is 14.2. The Bertz CT molecular complexity index is 1980. The van der Waals surface area contributed by atoms with E-state index >= 15 is 0 Å². The minimum absolute atomic E-state index is 0.0820. The fourth-order valence-corrected chi connectivity index (χ4v) is 9.87. The Kier molecular flexibility index (Phi) is 12.0. The van der Waals surface area contributed by atoms with Crippen molar-refractivity contribution in [2.24, 2.45) is 0 Å². The number of amides is 2. The Morgan fingerprint density at radius 2 is 1.35 bits per heavy atom. The second-order valence-corrected chi connectivity index (χ2v) is 16.2. The van der Waals surface area contributed by atoms with Crippen molar-refractivity contribution >= 4 is 47.6 Å². The van der Waals surface area contributed by atoms with Crippen LogP contribution in [0.25, 0.3) is 10.9 Å². The van der Waals surface area contributed by atoms with Crippen LogP contribution in [-0.4, -0.2) is 75.0 Å². The van der Waals surface area contributed by atoms with E-state index in [2.05, 4.69) is 63.7 Å². The van der Waals surface area contributed by atoms with Gasteiger partial charge in [-0.1, -0.05) is 78.9 Å². The molecule has 0 radical (unpaired) electrons. The van der Waals surface area contributed by atoms with Crippen LogP contribution in [0.1, 0.15) is 62.3 Å². The van der Waals surface area contributed by atoms with E-state index < -0.39 is 19.5 Å². The molecule has 52 heavy (non-hydrogen) atoms. The number of rotatable bonds is 13. The Labute approximate surface area is 310 Å². The highest BCUT2D eigenvalue weighted by Crippen LogP contribution is 2.51. The first-order chi connectivity index (χ1) is 25.0. The van der Waals surface area contributed by atoms with Crippen molar-refractivity contribution in [2.75, 3.05) is 26.2 Å². The number of nitrogens with zero attached hydrogens (tertiary/aromatic N) is 4. The highest BCUT2D eigenvalue weighted by atomic mass is 32.2. The van der Waals surface area contributed by atoms with Gasteiger partial charge in [0.25, 0.3) is 5.91 Å². The number of pyridine rings is 1. The van der Waals surface area contributed by atoms with E-state index in [0.717, 1.165) is 22.9 Å². The van der Waals surface area contributed by atoms with Crippen molar-refractivity contribution in [3.63, 3.8) is 0 Å². The molecule has 0 unspecified atom stereocenters. The molecule has 12 heteroatoms. The first-order valence-corrected chi connectivity index (χ1v) is 20.0. The average molecular weight is 740 g/mol. The molecule has 3 heterocycles. The van der Waals surface area contributed by atoms with E-state index in [9.17, 15) is 14.2 Å². The number of nitrogens with one attached hydrogen (secondary N) is 1. The summed E-state index contributed by atoms with van der Waals surface area (Å²) in [6, 6.07) is 33.0. The number of hydrogen-bond donors (Lipinski definition) is 1. The van der Waals surface area contributed by atoms with E-state index in [1.165, 1.54) is 11.1 Å². The van der Waals surface area contributed by atoms with Crippen molar-refractivity contribution < 1.29 is 23.2 Å². The van der Waals surface area contributed by atoms with Crippen molar-refractivity contribution in [2.45, 2.75) is 63.9 Å². The summed E-state index contributed by atoms with van der Waals surface area (Å²) >= 11 is 1.16. The zero-order valence-electron chi connectivity index (χ0n) is 30.2. The summed E-state index contributed by atoms with van der Waals surface area (Å²) < 4.78 is 27.8. The molecule has 6 rings (SSSR count). The summed E-state index contributed by atoms with van der Waals surface area (Å²) in [4.78, 5) is 36.6. The summed E-state index contributed by atoms with van der Waals surface area (Å²) in [6.45, 7) is 11.4. The number of fused-ring (bicyclic) bond motifs is 1. The first-order valence-electron chi connectivity index (χ1n) is 17.7. The molecular formula is C40H46N5O5PS. The van der Waals surface area contributed by atoms with Crippen LogP contribution in [0.5, 0.6) is 0 Å². The Morgan fingerprint density at radius 1 is 0.769 bits per heavy atom. The third-order valence-corrected chi connectivity index (χ3v) is 12.3. The number of para-hydroxylation sites is 1. The van der Waals surface area contributed by atoms with Crippen LogP contribution in [0.4, 0.5) is 0 Å². The van der Waals surface area contributed by atoms with Crippen molar-refractivity contribution in [3.8, 4) is 0 Å². The third kappa shape index (κ3) is 8.51. The quantitative estimate of drug-likeness (QED) is 0.125. The molecule has 0 bridgehead atoms. The molecule has 1 fully saturated rings. The Balaban J connectivity index is 1.19. The molecule has 3 aromatic carbocycles. The summed E-state index contributed by atoms with van der Waals surface area (Å²) in [5.74, 6) is -0.544. The normalized spacial score (nSPS) is 14.7. The van der Waals surface area contributed by atoms with Gasteiger partial charge in [0, 0.05) is 49.7 Å². The molecule has 1 atom stereocenters. The molecule has 2 aromatic heterocycles. The van der Waals surface area contributed by atoms with Gasteiger partial charge in [0.05, 0.1) is 29.1 Å². The maximum absolute atomic E-state index is 14.2. The summed E-state index contributed by atoms with van der Waals surface area (Å²) in [5, 5.41) is 4.49. The van der Waals surface area contributed by atoms with Crippen LogP contribution in [-0.2, 0) is 18.4 Å². The number of hydrogen-bond acceptors (Lipinski definition) is 8. The molecule has 2 amide bonds. The molecule has 0 saturated carbocycles. The van der Waals surface area contributed by atoms with Crippen LogP contribution in [0.15, 0.2) is 114 Å². The van der Waals surface area contributed by atoms with Crippen LogP contribution in [0.3, 0.4) is 0 Å². The van der Waals surface area contributed by atoms with Gasteiger partial charge in [-0.2, -0.15) is 0 Å². The van der Waals surface area contributed by atoms with Crippen molar-refractivity contribution in [1.29, 1.82) is 0 Å². The SMILES string of the molecule is CC(C)OP(=O)(OC(C)C)c1cccnc1Sn1c(C(=O)N[C@H](C)C(=O)N2CCN(C(c3ccccc3)c3ccccc3)CC2)cc2ccccc21. The lowest BCUT2D eigenvalue weighted by Gasteiger charge is -2.40. The van der Waals surface area contributed by atoms with Gasteiger partial charge in [0.2, 0.25) is 5.91 Å². The lowest BCUT2D eigenvalue weighted by Crippen LogP contribution is -2.54. The average Bonchev–Trinajstić information content (AvgIpc) is 3.50. The number of carbonyl (C=O) groups excluding carboxylic acids is 2. The minimum Gasteiger partial charge on any atom is -0.339 e. The summed E-state index contributed by atoms with van der Waals surface area (Å²) in [5.41, 5.74) is 3.51. The van der Waals surface area contributed by atoms with Gasteiger partial charge < -0.3 is 19.3 Å². The van der Waals surface area contributed by atoms with Gasteiger partial charge in [-0.25, -0.2) is 4.98 Å². The maximum Gasteiger partial charge on any atom is 0.364 e. The van der Waals surface area contributed by atoms with E-state index in [4.69, 9.17) is 9.05 Å². The molecule has 0 spiro atoms. The molecule has 0 aliphatic carbocycles. The molecule has 272 valence electrons. The Hall–Kier alpha value is -4.25. The second-order valence-electron chi connectivity index (χ2n) is 13.4. The highest BCUT2D eigenvalue weighted by Gasteiger charge is 2.35. The van der Waals surface area contributed by atoms with Gasteiger partial charge in [-0.05, 0) is 70.0 Å². The van der Waals surface area contributed by atoms with Crippen molar-refractivity contribution in [3.05, 3.63) is 126 Å². The van der Waals surface area contributed by atoms with Crippen molar-refractivity contribution in [1.82, 2.24) is 24.1 Å². The van der Waals surface area contributed by atoms with Crippen LogP contribution in [0, 0.1) is 0 Å². The lowest BCUT2D eigenvalue weighted by molar-refractivity contribution is -0.134. The van der Waals surface area contributed by atoms with Crippen LogP contribution < -0.4 is 10.6 Å². The van der Waals surface area contributed by atoms with Gasteiger partial charge >= 0.3 is 7.60 Å². The molecule has 1 N–H and O–H groups in total. The third-order valence-electron chi connectivity index (χ3n) is 8.76. The summed E-state index contributed by atoms with van der Waals surface area (Å²) in [6.07, 6.45) is 0.870. The van der Waals surface area contributed by atoms with Gasteiger partial charge in [0.15, 0.2) is 0 Å². The number of aromatic nitrogens is 2. The molecule has 10 nitrogen and oxygen atoms in total. The summed E-state index contributed by atoms with van der Waals surface area (Å²) in [7, 11) is -3.79. The highest BCUT2D eigenvalue weighted by molar-refractivity contribution is 7.98. The van der Waals surface area contributed by atoms with E-state index in [-0.39, 0.29) is 24.2 Å². The molecule has 1 aliphatic rings. The molecular weight excluding hydrogens is 694 g/mol. The smallest absolute Gasteiger partial charge is 0.339 e. The zero-order chi connectivity index (χ0) is 36.8. The number of piperazine rings is 1. The standard InChI is InChI=1S/C40H46N5O5PS/c1-28(2)49-51(48,50-29(3)4)36-21-14-22-41-39(36)52-45-34-20-13-12-19-33(34)27-35(45)38(46)42-30(5)40(47)44-25-23-43(24-26-44)37(31-15-8-6-9-16-31)32-17-10-7-11-18-32/h6-22,27-30,37H,23-26H2,1-5H3,(H,42,46)/t30-/m1/s1. The second kappa shape index (κ2) is 16.6. The first kappa shape index (κ1) is 37.5. The van der Waals surface area contributed by atoms with Gasteiger partial charge in [-0.15, -0.1) is 0 Å². The van der Waals surface area contributed by atoms with E-state index in [1.54, 1.807) is 63.0 Å². The fourth-order valence-electron chi connectivity index (χ4n) is 6.52. The predicted octanol–water partition coefficient (Wildman–Crippen LogP) is 7.31. The van der Waals surface area contributed by atoms with Gasteiger partial charge in [0.1, 0.15) is 16.8 Å². The fraction of sp³-hybridized carbons (Fsp3) is 0.325. The van der Waals surface area contributed by atoms with Gasteiger partial charge in [-0.3, -0.25) is 23.0 Å². The lowest BCUT2D eigenvalue weighted by atomic mass is 9.96. The number of benzene rings is 3.